The summed E-state index contributed by atoms with van der Waals surface area (Å²) >= 11 is 0. The largest absolute Gasteiger partial charge is 0.493 e. The number of carbonyl (C=O) groups excluding carboxylic acids is 1. The van der Waals surface area contributed by atoms with Gasteiger partial charge in [0.05, 0.1) is 20.8 Å². The first-order valence-corrected chi connectivity index (χ1v) is 9.69. The number of guanidine groups is 1. The van der Waals surface area contributed by atoms with Crippen LogP contribution >= 0.6 is 24.0 Å². The quantitative estimate of drug-likeness (QED) is 0.251. The number of carbonyl (C=O) groups is 1. The highest BCUT2D eigenvalue weighted by atomic mass is 127. The van der Waals surface area contributed by atoms with Crippen molar-refractivity contribution in [2.45, 2.75) is 26.3 Å². The van der Waals surface area contributed by atoms with Gasteiger partial charge in [-0.05, 0) is 48.2 Å². The van der Waals surface area contributed by atoms with Gasteiger partial charge < -0.3 is 25.8 Å². The molecule has 0 unspecified atom stereocenters. The fourth-order valence-electron chi connectivity index (χ4n) is 2.75. The lowest BCUT2D eigenvalue weighted by Crippen LogP contribution is -2.33. The summed E-state index contributed by atoms with van der Waals surface area (Å²) in [6, 6.07) is 13.2. The summed E-state index contributed by atoms with van der Waals surface area (Å²) in [5.41, 5.74) is 8.63. The Labute approximate surface area is 195 Å². The fourth-order valence-corrected chi connectivity index (χ4v) is 2.75. The molecule has 0 heterocycles. The zero-order valence-corrected chi connectivity index (χ0v) is 20.1. The molecule has 0 radical (unpaired) electrons. The summed E-state index contributed by atoms with van der Waals surface area (Å²) in [5.74, 6) is 1.70. The van der Waals surface area contributed by atoms with Gasteiger partial charge in [-0.3, -0.25) is 4.79 Å². The highest BCUT2D eigenvalue weighted by Crippen LogP contribution is 2.27. The van der Waals surface area contributed by atoms with Crippen LogP contribution in [0.4, 0.5) is 0 Å². The average molecular weight is 526 g/mol. The van der Waals surface area contributed by atoms with E-state index in [9.17, 15) is 4.79 Å². The lowest BCUT2D eigenvalue weighted by Gasteiger charge is -2.10. The number of amides is 1. The number of nitrogens with two attached hydrogens (primary N) is 1. The molecular formula is C22H31IN4O3. The van der Waals surface area contributed by atoms with Gasteiger partial charge in [-0.15, -0.1) is 24.0 Å². The Hall–Kier alpha value is -2.49. The van der Waals surface area contributed by atoms with Crippen LogP contribution in [0.3, 0.4) is 0 Å². The standard InChI is InChI=1S/C22H30N4O3.HI/c1-4-11-24-21(27)18-7-5-6-17(13-18)15-26-22(23)25-12-10-16-8-9-19(28-2)20(14-16)29-3;/h5-9,13-14H,4,10-12,15H2,1-3H3,(H,24,27)(H3,23,25,26);1H. The number of benzene rings is 2. The second-order valence-corrected chi connectivity index (χ2v) is 6.52. The minimum absolute atomic E-state index is 0. The molecule has 2 rings (SSSR count). The van der Waals surface area contributed by atoms with Crippen molar-refractivity contribution in [2.75, 3.05) is 27.3 Å². The Morgan fingerprint density at radius 3 is 2.47 bits per heavy atom. The van der Waals surface area contributed by atoms with Crippen LogP contribution in [-0.2, 0) is 13.0 Å². The lowest BCUT2D eigenvalue weighted by atomic mass is 10.1. The third kappa shape index (κ3) is 8.10. The Bertz CT molecular complexity index is 843. The van der Waals surface area contributed by atoms with Gasteiger partial charge in [0.25, 0.3) is 5.91 Å². The van der Waals surface area contributed by atoms with Gasteiger partial charge in [-0.1, -0.05) is 25.1 Å². The average Bonchev–Trinajstić information content (AvgIpc) is 2.76. The molecule has 30 heavy (non-hydrogen) atoms. The molecule has 2 aromatic carbocycles. The monoisotopic (exact) mass is 526 g/mol. The molecular weight excluding hydrogens is 495 g/mol. The molecule has 0 aliphatic rings. The van der Waals surface area contributed by atoms with Gasteiger partial charge in [0, 0.05) is 18.7 Å². The van der Waals surface area contributed by atoms with Crippen molar-refractivity contribution in [1.82, 2.24) is 10.6 Å². The number of aliphatic imine (C=N–C) groups is 1. The molecule has 1 amide bonds. The molecule has 0 bridgehead atoms. The van der Waals surface area contributed by atoms with Crippen LogP contribution in [0.2, 0.25) is 0 Å². The van der Waals surface area contributed by atoms with Crippen LogP contribution in [0, 0.1) is 0 Å². The minimum atomic E-state index is -0.0707. The van der Waals surface area contributed by atoms with E-state index in [0.717, 1.165) is 24.0 Å². The fraction of sp³-hybridized carbons (Fsp3) is 0.364. The maximum absolute atomic E-state index is 12.1. The van der Waals surface area contributed by atoms with Crippen LogP contribution in [-0.4, -0.2) is 39.2 Å². The van der Waals surface area contributed by atoms with Crippen molar-refractivity contribution in [3.63, 3.8) is 0 Å². The topological polar surface area (TPSA) is 98.0 Å². The second-order valence-electron chi connectivity index (χ2n) is 6.52. The van der Waals surface area contributed by atoms with E-state index in [1.54, 1.807) is 20.3 Å². The number of hydrogen-bond donors (Lipinski definition) is 3. The van der Waals surface area contributed by atoms with E-state index in [0.29, 0.717) is 42.7 Å². The molecule has 0 atom stereocenters. The van der Waals surface area contributed by atoms with Gasteiger partial charge in [0.15, 0.2) is 17.5 Å². The van der Waals surface area contributed by atoms with Gasteiger partial charge in [0.2, 0.25) is 0 Å². The van der Waals surface area contributed by atoms with Gasteiger partial charge >= 0.3 is 0 Å². The SMILES string of the molecule is CCCNC(=O)c1cccc(CN=C(N)NCCc2ccc(OC)c(OC)c2)c1.I. The van der Waals surface area contributed by atoms with Crippen molar-refractivity contribution in [3.8, 4) is 11.5 Å². The smallest absolute Gasteiger partial charge is 0.251 e. The normalized spacial score (nSPS) is 10.7. The van der Waals surface area contributed by atoms with Gasteiger partial charge in [-0.25, -0.2) is 4.99 Å². The van der Waals surface area contributed by atoms with Crippen LogP contribution in [0.5, 0.6) is 11.5 Å². The predicted octanol–water partition coefficient (Wildman–Crippen LogP) is 3.11. The summed E-state index contributed by atoms with van der Waals surface area (Å²) in [5, 5.41) is 5.98. The molecule has 0 aliphatic heterocycles. The first-order valence-electron chi connectivity index (χ1n) is 9.69. The predicted molar refractivity (Wildman–Crippen MR) is 131 cm³/mol. The molecule has 0 aromatic heterocycles. The third-order valence-electron chi connectivity index (χ3n) is 4.32. The number of nitrogens with one attached hydrogen (secondary N) is 2. The maximum Gasteiger partial charge on any atom is 0.251 e. The molecule has 0 saturated heterocycles. The molecule has 0 spiro atoms. The maximum atomic E-state index is 12.1. The molecule has 0 fully saturated rings. The Morgan fingerprint density at radius 1 is 1.00 bits per heavy atom. The van der Waals surface area contributed by atoms with E-state index in [4.69, 9.17) is 15.2 Å². The molecule has 4 N–H and O–H groups in total. The number of rotatable bonds is 10. The number of methoxy groups -OCH3 is 2. The van der Waals surface area contributed by atoms with Gasteiger partial charge in [-0.2, -0.15) is 0 Å². The van der Waals surface area contributed by atoms with E-state index in [1.165, 1.54) is 0 Å². The highest BCUT2D eigenvalue weighted by molar-refractivity contribution is 14.0. The summed E-state index contributed by atoms with van der Waals surface area (Å²) < 4.78 is 10.6. The van der Waals surface area contributed by atoms with Crippen molar-refractivity contribution in [2.24, 2.45) is 10.7 Å². The Kier molecular flexibility index (Phi) is 11.7. The van der Waals surface area contributed by atoms with Crippen molar-refractivity contribution in [3.05, 3.63) is 59.2 Å². The number of nitrogens with zero attached hydrogens (tertiary/aromatic N) is 1. The molecule has 7 nitrogen and oxygen atoms in total. The summed E-state index contributed by atoms with van der Waals surface area (Å²) in [6.07, 6.45) is 1.67. The third-order valence-corrected chi connectivity index (χ3v) is 4.32. The lowest BCUT2D eigenvalue weighted by molar-refractivity contribution is 0.0953. The Morgan fingerprint density at radius 2 is 1.77 bits per heavy atom. The molecule has 0 saturated carbocycles. The number of halogens is 1. The Balaban J connectivity index is 0.00000450. The van der Waals surface area contributed by atoms with E-state index in [1.807, 2.05) is 43.3 Å². The summed E-state index contributed by atoms with van der Waals surface area (Å²) in [7, 11) is 3.23. The van der Waals surface area contributed by atoms with E-state index >= 15 is 0 Å². The van der Waals surface area contributed by atoms with Crippen LogP contribution < -0.4 is 25.8 Å². The van der Waals surface area contributed by atoms with Crippen molar-refractivity contribution in [1.29, 1.82) is 0 Å². The zero-order valence-electron chi connectivity index (χ0n) is 17.7. The highest BCUT2D eigenvalue weighted by Gasteiger charge is 2.06. The van der Waals surface area contributed by atoms with Crippen LogP contribution in [0.25, 0.3) is 0 Å². The van der Waals surface area contributed by atoms with Crippen molar-refractivity contribution >= 4 is 35.8 Å². The first-order chi connectivity index (χ1) is 14.1. The van der Waals surface area contributed by atoms with E-state index in [2.05, 4.69) is 15.6 Å². The molecule has 2 aromatic rings. The first kappa shape index (κ1) is 25.5. The summed E-state index contributed by atoms with van der Waals surface area (Å²) in [4.78, 5) is 16.4. The minimum Gasteiger partial charge on any atom is -0.493 e. The second kappa shape index (κ2) is 13.7. The summed E-state index contributed by atoms with van der Waals surface area (Å²) in [6.45, 7) is 3.73. The zero-order chi connectivity index (χ0) is 21.1. The van der Waals surface area contributed by atoms with E-state index in [-0.39, 0.29) is 29.9 Å². The molecule has 8 heteroatoms. The molecule has 0 aliphatic carbocycles. The number of ether oxygens (including phenoxy) is 2. The molecule has 164 valence electrons. The van der Waals surface area contributed by atoms with E-state index < -0.39 is 0 Å². The van der Waals surface area contributed by atoms with Crippen LogP contribution in [0.1, 0.15) is 34.8 Å². The number of hydrogen-bond acceptors (Lipinski definition) is 4. The van der Waals surface area contributed by atoms with Crippen molar-refractivity contribution < 1.29 is 14.3 Å². The van der Waals surface area contributed by atoms with Crippen LogP contribution in [0.15, 0.2) is 47.5 Å². The van der Waals surface area contributed by atoms with Gasteiger partial charge in [0.1, 0.15) is 0 Å².